The van der Waals surface area contributed by atoms with E-state index in [0.29, 0.717) is 39.2 Å². The summed E-state index contributed by atoms with van der Waals surface area (Å²) in [4.78, 5) is 20.6. The zero-order chi connectivity index (χ0) is 20.4. The van der Waals surface area contributed by atoms with Crippen LogP contribution in [0.2, 0.25) is 5.02 Å². The summed E-state index contributed by atoms with van der Waals surface area (Å²) in [5.74, 6) is 1.36. The maximum Gasteiger partial charge on any atom is 0.259 e. The summed E-state index contributed by atoms with van der Waals surface area (Å²) >= 11 is 6.39. The summed E-state index contributed by atoms with van der Waals surface area (Å²) in [6, 6.07) is 18.0. The molecule has 4 aromatic rings. The number of carbonyl (C=O) groups excluding carboxylic acids is 1. The van der Waals surface area contributed by atoms with E-state index in [-0.39, 0.29) is 5.91 Å². The third kappa shape index (κ3) is 3.75. The third-order valence-electron chi connectivity index (χ3n) is 4.52. The molecule has 1 heterocycles. The Labute approximate surface area is 172 Å². The molecule has 0 aliphatic heterocycles. The number of amides is 1. The summed E-state index contributed by atoms with van der Waals surface area (Å²) in [6.07, 6.45) is 0. The number of rotatable bonds is 5. The van der Waals surface area contributed by atoms with E-state index in [9.17, 15) is 4.79 Å². The van der Waals surface area contributed by atoms with Crippen LogP contribution in [-0.2, 0) is 0 Å². The number of benzene rings is 3. The van der Waals surface area contributed by atoms with Crippen molar-refractivity contribution in [2.45, 2.75) is 0 Å². The Kier molecular flexibility index (Phi) is 5.10. The normalized spacial score (nSPS) is 10.7. The molecule has 0 fully saturated rings. The predicted molar refractivity (Wildman–Crippen MR) is 114 cm³/mol. The molecular weight excluding hydrogens is 390 g/mol. The van der Waals surface area contributed by atoms with Gasteiger partial charge in [-0.25, -0.2) is 4.98 Å². The van der Waals surface area contributed by atoms with Crippen molar-refractivity contribution in [3.05, 3.63) is 71.2 Å². The van der Waals surface area contributed by atoms with Crippen LogP contribution in [0.5, 0.6) is 11.5 Å². The number of ether oxygens (including phenoxy) is 2. The number of aromatic amines is 1. The molecule has 6 nitrogen and oxygen atoms in total. The van der Waals surface area contributed by atoms with Gasteiger partial charge >= 0.3 is 0 Å². The van der Waals surface area contributed by atoms with E-state index in [1.54, 1.807) is 43.5 Å². The summed E-state index contributed by atoms with van der Waals surface area (Å²) in [7, 11) is 3.06. The van der Waals surface area contributed by atoms with E-state index in [2.05, 4.69) is 15.3 Å². The number of halogens is 1. The summed E-state index contributed by atoms with van der Waals surface area (Å²) in [5.41, 5.74) is 3.44. The minimum Gasteiger partial charge on any atom is -0.497 e. The van der Waals surface area contributed by atoms with Crippen LogP contribution in [0.1, 0.15) is 10.4 Å². The average molecular weight is 408 g/mol. The minimum absolute atomic E-state index is 0.303. The Bertz CT molecular complexity index is 1170. The first-order valence-electron chi connectivity index (χ1n) is 8.87. The number of nitrogens with zero attached hydrogens (tertiary/aromatic N) is 1. The van der Waals surface area contributed by atoms with Crippen LogP contribution in [0, 0.1) is 0 Å². The predicted octanol–water partition coefficient (Wildman–Crippen LogP) is 5.15. The van der Waals surface area contributed by atoms with Gasteiger partial charge in [-0.15, -0.1) is 0 Å². The number of aromatic nitrogens is 2. The second-order valence-corrected chi connectivity index (χ2v) is 6.72. The lowest BCUT2D eigenvalue weighted by Crippen LogP contribution is -2.13. The highest BCUT2D eigenvalue weighted by Gasteiger charge is 2.15. The van der Waals surface area contributed by atoms with Crippen LogP contribution in [0.15, 0.2) is 60.7 Å². The molecule has 0 unspecified atom stereocenters. The first-order chi connectivity index (χ1) is 14.1. The Balaban J connectivity index is 1.65. The van der Waals surface area contributed by atoms with E-state index >= 15 is 0 Å². The molecule has 0 aliphatic rings. The molecule has 1 aromatic heterocycles. The fraction of sp³-hybridized carbons (Fsp3) is 0.0909. The van der Waals surface area contributed by atoms with Gasteiger partial charge in [-0.05, 0) is 42.5 Å². The van der Waals surface area contributed by atoms with Gasteiger partial charge in [0.25, 0.3) is 5.91 Å². The van der Waals surface area contributed by atoms with Crippen LogP contribution in [-0.4, -0.2) is 30.1 Å². The van der Waals surface area contributed by atoms with Crippen molar-refractivity contribution in [3.8, 4) is 22.9 Å². The molecule has 0 spiro atoms. The maximum absolute atomic E-state index is 12.8. The number of imidazole rings is 1. The van der Waals surface area contributed by atoms with Gasteiger partial charge in [-0.1, -0.05) is 23.7 Å². The second-order valence-electron chi connectivity index (χ2n) is 6.32. The Morgan fingerprint density at radius 2 is 1.86 bits per heavy atom. The van der Waals surface area contributed by atoms with Crippen molar-refractivity contribution in [2.75, 3.05) is 19.5 Å². The van der Waals surface area contributed by atoms with Crippen molar-refractivity contribution in [3.63, 3.8) is 0 Å². The first kappa shape index (κ1) is 18.8. The van der Waals surface area contributed by atoms with Gasteiger partial charge in [0.15, 0.2) is 0 Å². The monoisotopic (exact) mass is 407 g/mol. The first-order valence-corrected chi connectivity index (χ1v) is 9.25. The van der Waals surface area contributed by atoms with E-state index < -0.39 is 0 Å². The lowest BCUT2D eigenvalue weighted by Gasteiger charge is -2.12. The number of carbonyl (C=O) groups is 1. The SMILES string of the molecule is COc1ccc(C(=O)Nc2ccc(Cl)c(-c3nc4ccccc4[nH]3)c2)c(OC)c1. The van der Waals surface area contributed by atoms with Crippen molar-refractivity contribution in [2.24, 2.45) is 0 Å². The standard InChI is InChI=1S/C22H18ClN3O3/c1-28-14-8-9-15(20(12-14)29-2)22(27)24-13-7-10-17(23)16(11-13)21-25-18-5-3-4-6-19(18)26-21/h3-12H,1-2H3,(H,24,27)(H,25,26). The van der Waals surface area contributed by atoms with E-state index in [1.807, 2.05) is 24.3 Å². The molecule has 0 saturated carbocycles. The molecule has 7 heteroatoms. The number of methoxy groups -OCH3 is 2. The van der Waals surface area contributed by atoms with Gasteiger partial charge in [0.1, 0.15) is 17.3 Å². The third-order valence-corrected chi connectivity index (χ3v) is 4.85. The number of H-pyrrole nitrogens is 1. The number of hydrogen-bond donors (Lipinski definition) is 2. The zero-order valence-electron chi connectivity index (χ0n) is 15.8. The van der Waals surface area contributed by atoms with Crippen molar-refractivity contribution >= 4 is 34.2 Å². The summed E-state index contributed by atoms with van der Waals surface area (Å²) in [5, 5.41) is 3.41. The van der Waals surface area contributed by atoms with Gasteiger partial charge in [-0.2, -0.15) is 0 Å². The van der Waals surface area contributed by atoms with Crippen molar-refractivity contribution < 1.29 is 14.3 Å². The van der Waals surface area contributed by atoms with Gasteiger partial charge in [0.2, 0.25) is 0 Å². The van der Waals surface area contributed by atoms with Gasteiger partial charge in [0, 0.05) is 17.3 Å². The Morgan fingerprint density at radius 1 is 1.03 bits per heavy atom. The quantitative estimate of drug-likeness (QED) is 0.479. The van der Waals surface area contributed by atoms with Crippen LogP contribution >= 0.6 is 11.6 Å². The summed E-state index contributed by atoms with van der Waals surface area (Å²) in [6.45, 7) is 0. The largest absolute Gasteiger partial charge is 0.497 e. The van der Waals surface area contributed by atoms with Gasteiger partial charge < -0.3 is 19.8 Å². The van der Waals surface area contributed by atoms with Gasteiger partial charge in [-0.3, -0.25) is 4.79 Å². The number of hydrogen-bond acceptors (Lipinski definition) is 4. The van der Waals surface area contributed by atoms with E-state index in [1.165, 1.54) is 7.11 Å². The molecule has 4 rings (SSSR count). The van der Waals surface area contributed by atoms with E-state index in [4.69, 9.17) is 21.1 Å². The second kappa shape index (κ2) is 7.85. The molecule has 0 aliphatic carbocycles. The minimum atomic E-state index is -0.303. The smallest absolute Gasteiger partial charge is 0.259 e. The molecule has 29 heavy (non-hydrogen) atoms. The van der Waals surface area contributed by atoms with Crippen LogP contribution in [0.3, 0.4) is 0 Å². The molecule has 1 amide bonds. The Hall–Kier alpha value is -3.51. The van der Waals surface area contributed by atoms with Crippen LogP contribution < -0.4 is 14.8 Å². The molecule has 0 atom stereocenters. The molecular formula is C22H18ClN3O3. The number of nitrogens with one attached hydrogen (secondary N) is 2. The van der Waals surface area contributed by atoms with Gasteiger partial charge in [0.05, 0.1) is 35.8 Å². The number of fused-ring (bicyclic) bond motifs is 1. The fourth-order valence-corrected chi connectivity index (χ4v) is 3.26. The Morgan fingerprint density at radius 3 is 2.62 bits per heavy atom. The average Bonchev–Trinajstić information content (AvgIpc) is 3.18. The highest BCUT2D eigenvalue weighted by Crippen LogP contribution is 2.31. The molecule has 0 radical (unpaired) electrons. The van der Waals surface area contributed by atoms with Crippen molar-refractivity contribution in [1.29, 1.82) is 0 Å². The molecule has 0 bridgehead atoms. The van der Waals surface area contributed by atoms with Crippen LogP contribution in [0.4, 0.5) is 5.69 Å². The highest BCUT2D eigenvalue weighted by atomic mass is 35.5. The topological polar surface area (TPSA) is 76.2 Å². The lowest BCUT2D eigenvalue weighted by molar-refractivity contribution is 0.102. The van der Waals surface area contributed by atoms with Crippen LogP contribution in [0.25, 0.3) is 22.4 Å². The zero-order valence-corrected chi connectivity index (χ0v) is 16.6. The molecule has 2 N–H and O–H groups in total. The maximum atomic E-state index is 12.8. The highest BCUT2D eigenvalue weighted by molar-refractivity contribution is 6.33. The number of para-hydroxylation sites is 2. The number of anilines is 1. The fourth-order valence-electron chi connectivity index (χ4n) is 3.05. The molecule has 0 saturated heterocycles. The summed E-state index contributed by atoms with van der Waals surface area (Å²) < 4.78 is 10.5. The van der Waals surface area contributed by atoms with E-state index in [0.717, 1.165) is 11.0 Å². The molecule has 3 aromatic carbocycles. The lowest BCUT2D eigenvalue weighted by atomic mass is 10.1. The molecule has 146 valence electrons. The van der Waals surface area contributed by atoms with Crippen molar-refractivity contribution in [1.82, 2.24) is 9.97 Å².